The molecule has 1 amide bonds. The number of amides is 1. The molecule has 1 aromatic heterocycles. The smallest absolute Gasteiger partial charge is 0.251 e. The predicted molar refractivity (Wildman–Crippen MR) is 66.0 cm³/mol. The number of nitrogens with zero attached hydrogens (tertiary/aromatic N) is 1. The summed E-state index contributed by atoms with van der Waals surface area (Å²) < 4.78 is 0. The van der Waals surface area contributed by atoms with Crippen LogP contribution < -0.4 is 5.32 Å². The molecular weight excluding hydrogens is 247 g/mol. The molecule has 0 fully saturated rings. The van der Waals surface area contributed by atoms with Gasteiger partial charge in [0.25, 0.3) is 5.91 Å². The van der Waals surface area contributed by atoms with Crippen LogP contribution in [-0.2, 0) is 0 Å². The van der Waals surface area contributed by atoms with Crippen LogP contribution in [0.5, 0.6) is 0 Å². The highest BCUT2D eigenvalue weighted by molar-refractivity contribution is 6.33. The Kier molecular flexibility index (Phi) is 4.77. The molecule has 1 aromatic rings. The molecule has 0 aliphatic heterocycles. The minimum Gasteiger partial charge on any atom is -0.349 e. The number of nitrogens with one attached hydrogen (secondary N) is 1. The summed E-state index contributed by atoms with van der Waals surface area (Å²) in [4.78, 5) is 15.5. The summed E-state index contributed by atoms with van der Waals surface area (Å²) in [5, 5.41) is 3.20. The number of pyridine rings is 1. The van der Waals surface area contributed by atoms with Crippen molar-refractivity contribution in [2.75, 3.05) is 0 Å². The van der Waals surface area contributed by atoms with E-state index < -0.39 is 0 Å². The summed E-state index contributed by atoms with van der Waals surface area (Å²) in [6, 6.07) is 2.97. The van der Waals surface area contributed by atoms with Gasteiger partial charge in [-0.05, 0) is 25.5 Å². The second kappa shape index (κ2) is 5.87. The lowest BCUT2D eigenvalue weighted by Gasteiger charge is -2.11. The molecule has 1 rings (SSSR count). The summed E-state index contributed by atoms with van der Waals surface area (Å²) in [7, 11) is 0. The highest BCUT2D eigenvalue weighted by Gasteiger charge is 2.10. The number of carbonyl (C=O) groups is 1. The molecular formula is C11H12Cl2N2O. The van der Waals surface area contributed by atoms with E-state index in [1.165, 1.54) is 12.1 Å². The number of hydrogen-bond donors (Lipinski definition) is 1. The van der Waals surface area contributed by atoms with Crippen molar-refractivity contribution in [3.05, 3.63) is 40.7 Å². The molecule has 3 nitrogen and oxygen atoms in total. The van der Waals surface area contributed by atoms with Gasteiger partial charge in [0.1, 0.15) is 10.3 Å². The molecule has 1 N–H and O–H groups in total. The van der Waals surface area contributed by atoms with E-state index in [0.29, 0.717) is 12.0 Å². The van der Waals surface area contributed by atoms with Gasteiger partial charge < -0.3 is 5.32 Å². The second-order valence-corrected chi connectivity index (χ2v) is 4.17. The van der Waals surface area contributed by atoms with Crippen molar-refractivity contribution in [3.63, 3.8) is 0 Å². The van der Waals surface area contributed by atoms with Gasteiger partial charge >= 0.3 is 0 Å². The Morgan fingerprint density at radius 2 is 2.12 bits per heavy atom. The van der Waals surface area contributed by atoms with E-state index in [1.807, 2.05) is 6.92 Å². The monoisotopic (exact) mass is 258 g/mol. The molecule has 0 spiro atoms. The summed E-state index contributed by atoms with van der Waals surface area (Å²) in [5.41, 5.74) is 0.404. The van der Waals surface area contributed by atoms with Gasteiger partial charge in [-0.3, -0.25) is 4.79 Å². The third-order valence-electron chi connectivity index (χ3n) is 1.92. The molecule has 0 aromatic carbocycles. The van der Waals surface area contributed by atoms with Crippen LogP contribution in [0.1, 0.15) is 23.7 Å². The van der Waals surface area contributed by atoms with Crippen molar-refractivity contribution >= 4 is 29.1 Å². The van der Waals surface area contributed by atoms with Gasteiger partial charge in [-0.15, -0.1) is 6.58 Å². The minimum atomic E-state index is -0.222. The van der Waals surface area contributed by atoms with Crippen LogP contribution in [0.25, 0.3) is 0 Å². The van der Waals surface area contributed by atoms with E-state index in [0.717, 1.165) is 0 Å². The van der Waals surface area contributed by atoms with Crippen molar-refractivity contribution in [3.8, 4) is 0 Å². The van der Waals surface area contributed by atoms with E-state index in [4.69, 9.17) is 23.2 Å². The van der Waals surface area contributed by atoms with Crippen molar-refractivity contribution < 1.29 is 4.79 Å². The highest BCUT2D eigenvalue weighted by atomic mass is 35.5. The maximum Gasteiger partial charge on any atom is 0.251 e. The van der Waals surface area contributed by atoms with E-state index in [2.05, 4.69) is 16.9 Å². The fourth-order valence-corrected chi connectivity index (χ4v) is 1.67. The lowest BCUT2D eigenvalue weighted by molar-refractivity contribution is 0.0940. The fraction of sp³-hybridized carbons (Fsp3) is 0.273. The fourth-order valence-electron chi connectivity index (χ4n) is 1.21. The standard InChI is InChI=1S/C11H12Cl2N2O/c1-3-4-7(2)14-11(16)8-5-9(12)15-10(13)6-8/h3,5-7H,1,4H2,2H3,(H,14,16). The number of carbonyl (C=O) groups excluding carboxylic acids is 1. The van der Waals surface area contributed by atoms with Crippen LogP contribution in [0, 0.1) is 0 Å². The van der Waals surface area contributed by atoms with Gasteiger partial charge in [0.05, 0.1) is 0 Å². The quantitative estimate of drug-likeness (QED) is 0.666. The van der Waals surface area contributed by atoms with Crippen molar-refractivity contribution in [1.82, 2.24) is 10.3 Å². The van der Waals surface area contributed by atoms with Crippen LogP contribution in [0.4, 0.5) is 0 Å². The van der Waals surface area contributed by atoms with Gasteiger partial charge in [-0.25, -0.2) is 4.98 Å². The normalized spacial score (nSPS) is 11.9. The Morgan fingerprint density at radius 1 is 1.56 bits per heavy atom. The Morgan fingerprint density at radius 3 is 2.62 bits per heavy atom. The zero-order valence-corrected chi connectivity index (χ0v) is 10.3. The van der Waals surface area contributed by atoms with Crippen molar-refractivity contribution in [2.24, 2.45) is 0 Å². The number of rotatable bonds is 4. The number of hydrogen-bond acceptors (Lipinski definition) is 2. The van der Waals surface area contributed by atoms with Crippen molar-refractivity contribution in [1.29, 1.82) is 0 Å². The molecule has 1 unspecified atom stereocenters. The first-order valence-electron chi connectivity index (χ1n) is 4.77. The Bertz CT molecular complexity index is 387. The topological polar surface area (TPSA) is 42.0 Å². The average Bonchev–Trinajstić information content (AvgIpc) is 2.16. The van der Waals surface area contributed by atoms with E-state index >= 15 is 0 Å². The SMILES string of the molecule is C=CCC(C)NC(=O)c1cc(Cl)nc(Cl)c1. The molecule has 0 saturated heterocycles. The lowest BCUT2D eigenvalue weighted by Crippen LogP contribution is -2.32. The molecule has 0 aliphatic carbocycles. The summed E-state index contributed by atoms with van der Waals surface area (Å²) in [5.74, 6) is -0.222. The summed E-state index contributed by atoms with van der Waals surface area (Å²) in [6.45, 7) is 5.50. The Labute approximate surface area is 104 Å². The molecule has 1 heterocycles. The summed E-state index contributed by atoms with van der Waals surface area (Å²) in [6.07, 6.45) is 2.45. The van der Waals surface area contributed by atoms with Crippen molar-refractivity contribution in [2.45, 2.75) is 19.4 Å². The third-order valence-corrected chi connectivity index (χ3v) is 2.31. The third kappa shape index (κ3) is 3.83. The number of aromatic nitrogens is 1. The Balaban J connectivity index is 2.76. The molecule has 1 atom stereocenters. The largest absolute Gasteiger partial charge is 0.349 e. The van der Waals surface area contributed by atoms with Crippen LogP contribution in [0.15, 0.2) is 24.8 Å². The molecule has 16 heavy (non-hydrogen) atoms. The summed E-state index contributed by atoms with van der Waals surface area (Å²) >= 11 is 11.4. The first-order chi connectivity index (χ1) is 7.52. The van der Waals surface area contributed by atoms with E-state index in [9.17, 15) is 4.79 Å². The van der Waals surface area contributed by atoms with Gasteiger partial charge in [0.15, 0.2) is 0 Å². The predicted octanol–water partition coefficient (Wildman–Crippen LogP) is 3.08. The number of halogens is 2. The van der Waals surface area contributed by atoms with E-state index in [-0.39, 0.29) is 22.3 Å². The molecule has 0 aliphatic rings. The molecule has 0 radical (unpaired) electrons. The van der Waals surface area contributed by atoms with E-state index in [1.54, 1.807) is 6.08 Å². The van der Waals surface area contributed by atoms with Crippen LogP contribution in [0.3, 0.4) is 0 Å². The van der Waals surface area contributed by atoms with Crippen LogP contribution >= 0.6 is 23.2 Å². The lowest BCUT2D eigenvalue weighted by atomic mass is 10.2. The van der Waals surface area contributed by atoms with Gasteiger partial charge in [-0.2, -0.15) is 0 Å². The Hall–Kier alpha value is -1.06. The maximum absolute atomic E-state index is 11.7. The molecule has 86 valence electrons. The minimum absolute atomic E-state index is 0.0238. The first kappa shape index (κ1) is 13.0. The molecule has 0 saturated carbocycles. The second-order valence-electron chi connectivity index (χ2n) is 3.40. The van der Waals surface area contributed by atoms with Crippen LogP contribution in [-0.4, -0.2) is 16.9 Å². The first-order valence-corrected chi connectivity index (χ1v) is 5.53. The van der Waals surface area contributed by atoms with Gasteiger partial charge in [0, 0.05) is 11.6 Å². The van der Waals surface area contributed by atoms with Crippen LogP contribution in [0.2, 0.25) is 10.3 Å². The van der Waals surface area contributed by atoms with Gasteiger partial charge in [0.2, 0.25) is 0 Å². The average molecular weight is 259 g/mol. The molecule has 0 bridgehead atoms. The highest BCUT2D eigenvalue weighted by Crippen LogP contribution is 2.14. The van der Waals surface area contributed by atoms with Gasteiger partial charge in [-0.1, -0.05) is 29.3 Å². The zero-order chi connectivity index (χ0) is 12.1. The molecule has 5 heteroatoms. The zero-order valence-electron chi connectivity index (χ0n) is 8.84. The maximum atomic E-state index is 11.7.